The number of amides is 1. The third-order valence-corrected chi connectivity index (χ3v) is 3.12. The Bertz CT molecular complexity index is 614. The molecule has 1 heterocycles. The van der Waals surface area contributed by atoms with Crippen LogP contribution in [0.3, 0.4) is 0 Å². The zero-order valence-corrected chi connectivity index (χ0v) is 11.5. The van der Waals surface area contributed by atoms with Crippen LogP contribution < -0.4 is 16.8 Å². The molecule has 2 rings (SSSR count). The number of hydrogen-bond donors (Lipinski definition) is 3. The van der Waals surface area contributed by atoms with Gasteiger partial charge in [-0.1, -0.05) is 31.9 Å². The minimum absolute atomic E-state index is 0.171. The summed E-state index contributed by atoms with van der Waals surface area (Å²) in [5, 5.41) is 3.91. The molecule has 5 N–H and O–H groups in total. The number of nitrogen functional groups attached to an aromatic ring is 1. The Labute approximate surface area is 117 Å². The Kier molecular flexibility index (Phi) is 4.34. The second-order valence-corrected chi connectivity index (χ2v) is 4.69. The van der Waals surface area contributed by atoms with Crippen LogP contribution in [0.2, 0.25) is 0 Å². The molecule has 20 heavy (non-hydrogen) atoms. The highest BCUT2D eigenvalue weighted by molar-refractivity contribution is 5.92. The van der Waals surface area contributed by atoms with E-state index in [0.29, 0.717) is 12.2 Å². The maximum atomic E-state index is 11.5. The van der Waals surface area contributed by atoms with Crippen LogP contribution in [0.25, 0.3) is 10.9 Å². The van der Waals surface area contributed by atoms with Gasteiger partial charge in [0.25, 0.3) is 0 Å². The summed E-state index contributed by atoms with van der Waals surface area (Å²) in [5.74, 6) is 0.331. The summed E-state index contributed by atoms with van der Waals surface area (Å²) in [5.41, 5.74) is 11.9. The van der Waals surface area contributed by atoms with Crippen LogP contribution in [-0.2, 0) is 4.79 Å². The van der Waals surface area contributed by atoms with E-state index in [4.69, 9.17) is 11.5 Å². The fourth-order valence-electron chi connectivity index (χ4n) is 2.06. The number of primary amides is 1. The van der Waals surface area contributed by atoms with E-state index in [1.165, 1.54) is 0 Å². The molecular weight excluding hydrogens is 254 g/mol. The summed E-state index contributed by atoms with van der Waals surface area (Å²) >= 11 is 0. The van der Waals surface area contributed by atoms with Gasteiger partial charge in [0.05, 0.1) is 5.52 Å². The molecule has 106 valence electrons. The third kappa shape index (κ3) is 3.14. The molecule has 0 bridgehead atoms. The summed E-state index contributed by atoms with van der Waals surface area (Å²) in [7, 11) is 0. The fraction of sp³-hybridized carbons (Fsp3) is 0.357. The number of unbranched alkanes of at least 4 members (excludes halogenated alkanes) is 1. The van der Waals surface area contributed by atoms with Crippen molar-refractivity contribution in [1.29, 1.82) is 0 Å². The first-order valence-electron chi connectivity index (χ1n) is 6.70. The van der Waals surface area contributed by atoms with Gasteiger partial charge in [0.2, 0.25) is 11.9 Å². The largest absolute Gasteiger partial charge is 0.368 e. The molecule has 2 aromatic rings. The molecule has 6 heteroatoms. The number of carbonyl (C=O) groups is 1. The van der Waals surface area contributed by atoms with Crippen molar-refractivity contribution in [1.82, 2.24) is 9.97 Å². The predicted octanol–water partition coefficient (Wildman–Crippen LogP) is 1.67. The van der Waals surface area contributed by atoms with Crippen molar-refractivity contribution in [3.05, 3.63) is 24.3 Å². The number of nitrogens with two attached hydrogens (primary N) is 2. The smallest absolute Gasteiger partial charge is 0.239 e. The minimum atomic E-state index is -0.451. The van der Waals surface area contributed by atoms with Gasteiger partial charge < -0.3 is 16.8 Å². The zero-order valence-electron chi connectivity index (χ0n) is 11.5. The van der Waals surface area contributed by atoms with Crippen LogP contribution in [0, 0.1) is 0 Å². The number of benzene rings is 1. The average molecular weight is 273 g/mol. The van der Waals surface area contributed by atoms with E-state index in [-0.39, 0.29) is 11.9 Å². The Morgan fingerprint density at radius 1 is 1.35 bits per heavy atom. The molecule has 0 aliphatic rings. The Balaban J connectivity index is 2.33. The van der Waals surface area contributed by atoms with Gasteiger partial charge in [0.15, 0.2) is 0 Å². The normalized spacial score (nSPS) is 12.2. The molecule has 1 aromatic carbocycles. The van der Waals surface area contributed by atoms with Crippen LogP contribution in [0.1, 0.15) is 26.2 Å². The molecule has 0 aliphatic heterocycles. The van der Waals surface area contributed by atoms with Crippen molar-refractivity contribution in [2.45, 2.75) is 32.2 Å². The highest BCUT2D eigenvalue weighted by Crippen LogP contribution is 2.22. The SMILES string of the molecule is CCCCC(Nc1nc(N)nc2ccccc12)C(N)=O. The Hall–Kier alpha value is -2.37. The quantitative estimate of drug-likeness (QED) is 0.742. The monoisotopic (exact) mass is 273 g/mol. The van der Waals surface area contributed by atoms with E-state index in [1.54, 1.807) is 0 Å². The van der Waals surface area contributed by atoms with Crippen LogP contribution in [0.5, 0.6) is 0 Å². The van der Waals surface area contributed by atoms with Crippen molar-refractivity contribution in [2.75, 3.05) is 11.1 Å². The van der Waals surface area contributed by atoms with E-state index >= 15 is 0 Å². The van der Waals surface area contributed by atoms with E-state index in [2.05, 4.69) is 22.2 Å². The van der Waals surface area contributed by atoms with Crippen molar-refractivity contribution < 1.29 is 4.79 Å². The second-order valence-electron chi connectivity index (χ2n) is 4.69. The first-order valence-corrected chi connectivity index (χ1v) is 6.70. The van der Waals surface area contributed by atoms with Gasteiger partial charge in [-0.25, -0.2) is 4.98 Å². The van der Waals surface area contributed by atoms with Crippen molar-refractivity contribution >= 4 is 28.6 Å². The molecule has 1 amide bonds. The maximum Gasteiger partial charge on any atom is 0.239 e. The molecule has 0 fully saturated rings. The van der Waals surface area contributed by atoms with E-state index in [1.807, 2.05) is 24.3 Å². The highest BCUT2D eigenvalue weighted by atomic mass is 16.1. The molecular formula is C14H19N5O. The van der Waals surface area contributed by atoms with Gasteiger partial charge in [-0.05, 0) is 18.6 Å². The van der Waals surface area contributed by atoms with Crippen LogP contribution in [0.15, 0.2) is 24.3 Å². The summed E-state index contributed by atoms with van der Waals surface area (Å²) in [6.07, 6.45) is 2.58. The summed E-state index contributed by atoms with van der Waals surface area (Å²) < 4.78 is 0. The molecule has 0 saturated heterocycles. The number of para-hydroxylation sites is 1. The minimum Gasteiger partial charge on any atom is -0.368 e. The summed E-state index contributed by atoms with van der Waals surface area (Å²) in [6.45, 7) is 2.07. The Morgan fingerprint density at radius 2 is 2.10 bits per heavy atom. The van der Waals surface area contributed by atoms with Gasteiger partial charge >= 0.3 is 0 Å². The van der Waals surface area contributed by atoms with Gasteiger partial charge in [-0.15, -0.1) is 0 Å². The molecule has 0 radical (unpaired) electrons. The molecule has 1 atom stereocenters. The van der Waals surface area contributed by atoms with Gasteiger partial charge in [0, 0.05) is 5.39 Å². The molecule has 0 spiro atoms. The van der Waals surface area contributed by atoms with Gasteiger partial charge in [0.1, 0.15) is 11.9 Å². The third-order valence-electron chi connectivity index (χ3n) is 3.12. The van der Waals surface area contributed by atoms with Crippen molar-refractivity contribution in [3.8, 4) is 0 Å². The number of anilines is 2. The molecule has 1 aromatic heterocycles. The number of nitrogens with one attached hydrogen (secondary N) is 1. The lowest BCUT2D eigenvalue weighted by molar-refractivity contribution is -0.118. The lowest BCUT2D eigenvalue weighted by Gasteiger charge is -2.17. The number of nitrogens with zero attached hydrogens (tertiary/aromatic N) is 2. The number of aromatic nitrogens is 2. The first kappa shape index (κ1) is 14.0. The lowest BCUT2D eigenvalue weighted by Crippen LogP contribution is -2.35. The van der Waals surface area contributed by atoms with Crippen molar-refractivity contribution in [2.24, 2.45) is 5.73 Å². The predicted molar refractivity (Wildman–Crippen MR) is 80.1 cm³/mol. The van der Waals surface area contributed by atoms with Gasteiger partial charge in [-0.3, -0.25) is 4.79 Å². The van der Waals surface area contributed by atoms with E-state index < -0.39 is 6.04 Å². The number of hydrogen-bond acceptors (Lipinski definition) is 5. The Morgan fingerprint density at radius 3 is 2.80 bits per heavy atom. The number of fused-ring (bicyclic) bond motifs is 1. The standard InChI is InChI=1S/C14H19N5O/c1-2-3-7-11(12(15)20)17-13-9-6-4-5-8-10(9)18-14(16)19-13/h4-6,8,11H,2-3,7H2,1H3,(H2,15,20)(H3,16,17,18,19). The van der Waals surface area contributed by atoms with Gasteiger partial charge in [-0.2, -0.15) is 4.98 Å². The molecule has 6 nitrogen and oxygen atoms in total. The molecule has 0 saturated carbocycles. The summed E-state index contributed by atoms with van der Waals surface area (Å²) in [4.78, 5) is 19.9. The highest BCUT2D eigenvalue weighted by Gasteiger charge is 2.17. The van der Waals surface area contributed by atoms with Crippen LogP contribution in [-0.4, -0.2) is 21.9 Å². The topological polar surface area (TPSA) is 107 Å². The average Bonchev–Trinajstić information content (AvgIpc) is 2.42. The van der Waals surface area contributed by atoms with E-state index in [0.717, 1.165) is 23.7 Å². The van der Waals surface area contributed by atoms with E-state index in [9.17, 15) is 4.79 Å². The zero-order chi connectivity index (χ0) is 14.5. The van der Waals surface area contributed by atoms with Crippen molar-refractivity contribution in [3.63, 3.8) is 0 Å². The molecule has 1 unspecified atom stereocenters. The summed E-state index contributed by atoms with van der Waals surface area (Å²) in [6, 6.07) is 7.05. The van der Waals surface area contributed by atoms with Crippen LogP contribution in [0.4, 0.5) is 11.8 Å². The second kappa shape index (κ2) is 6.18. The first-order chi connectivity index (χ1) is 9.61. The number of carbonyl (C=O) groups excluding carboxylic acids is 1. The maximum absolute atomic E-state index is 11.5. The molecule has 0 aliphatic carbocycles. The fourth-order valence-corrected chi connectivity index (χ4v) is 2.06. The lowest BCUT2D eigenvalue weighted by atomic mass is 10.1. The van der Waals surface area contributed by atoms with Crippen LogP contribution >= 0.6 is 0 Å². The number of rotatable bonds is 6.